The molecule has 0 aromatic carbocycles. The Morgan fingerprint density at radius 3 is 2.13 bits per heavy atom. The normalized spacial score (nSPS) is 17.1. The lowest BCUT2D eigenvalue weighted by molar-refractivity contribution is -0.150. The Labute approximate surface area is 280 Å². The molecule has 0 aliphatic rings. The van der Waals surface area contributed by atoms with E-state index in [1.165, 1.54) is 17.4 Å². The van der Waals surface area contributed by atoms with Gasteiger partial charge in [-0.1, -0.05) is 73.6 Å². The minimum Gasteiger partial charge on any atom is -0.457 e. The summed E-state index contributed by atoms with van der Waals surface area (Å²) >= 11 is 1.45. The van der Waals surface area contributed by atoms with Gasteiger partial charge in [-0.25, -0.2) is 4.98 Å². The molecule has 1 heterocycles. The Balaban J connectivity index is 3.27. The van der Waals surface area contributed by atoms with Gasteiger partial charge in [-0.05, 0) is 61.9 Å². The Kier molecular flexibility index (Phi) is 15.1. The first kappa shape index (κ1) is 41.7. The molecule has 0 bridgehead atoms. The second-order valence-corrected chi connectivity index (χ2v) is 20.3. The lowest BCUT2D eigenvalue weighted by atomic mass is 9.69. The highest BCUT2D eigenvalue weighted by atomic mass is 32.1. The molecule has 0 saturated heterocycles. The van der Waals surface area contributed by atoms with Crippen LogP contribution >= 0.6 is 11.3 Å². The van der Waals surface area contributed by atoms with E-state index in [0.717, 1.165) is 11.1 Å². The zero-order valence-corrected chi connectivity index (χ0v) is 31.7. The van der Waals surface area contributed by atoms with Gasteiger partial charge in [0.2, 0.25) is 0 Å². The quantitative estimate of drug-likeness (QED) is 0.0929. The SMILES string of the molecule is C=CC/C(=C/CC(OC(=O)CC(C)C(C)(C)C(=O)C(C)C(O[Si](C)(C)C(C)(C)C)C(C)C=C)/C(C)=C/c1csc(C)n1)C(F)(F)F. The number of halogens is 3. The molecule has 0 aliphatic heterocycles. The molecule has 0 radical (unpaired) electrons. The number of allylic oxidation sites excluding steroid dienone is 2. The minimum atomic E-state index is -4.53. The molecule has 0 aliphatic carbocycles. The highest BCUT2D eigenvalue weighted by Gasteiger charge is 2.46. The van der Waals surface area contributed by atoms with E-state index in [1.807, 2.05) is 53.0 Å². The average Bonchev–Trinajstić information content (AvgIpc) is 3.34. The van der Waals surface area contributed by atoms with Crippen LogP contribution < -0.4 is 0 Å². The number of hydrogen-bond acceptors (Lipinski definition) is 6. The van der Waals surface area contributed by atoms with Gasteiger partial charge < -0.3 is 9.16 Å². The van der Waals surface area contributed by atoms with Crippen molar-refractivity contribution >= 4 is 37.5 Å². The Morgan fingerprint density at radius 2 is 1.67 bits per heavy atom. The first-order chi connectivity index (χ1) is 20.9. The van der Waals surface area contributed by atoms with E-state index >= 15 is 0 Å². The fraction of sp³-hybridized carbons (Fsp3) is 0.639. The van der Waals surface area contributed by atoms with Crippen molar-refractivity contribution in [2.45, 2.75) is 125 Å². The molecular weight excluding hydrogens is 628 g/mol. The van der Waals surface area contributed by atoms with Crippen LogP contribution in [0.5, 0.6) is 0 Å². The van der Waals surface area contributed by atoms with Gasteiger partial charge in [0.25, 0.3) is 0 Å². The predicted molar refractivity (Wildman–Crippen MR) is 187 cm³/mol. The molecule has 5 atom stereocenters. The largest absolute Gasteiger partial charge is 0.457 e. The van der Waals surface area contributed by atoms with Crippen molar-refractivity contribution in [1.82, 2.24) is 4.98 Å². The van der Waals surface area contributed by atoms with Crippen LogP contribution in [-0.2, 0) is 18.8 Å². The van der Waals surface area contributed by atoms with Gasteiger partial charge in [-0.3, -0.25) is 9.59 Å². The Bertz CT molecular complexity index is 1270. The summed E-state index contributed by atoms with van der Waals surface area (Å²) in [5.41, 5.74) is -0.460. The van der Waals surface area contributed by atoms with Crippen molar-refractivity contribution in [2.24, 2.45) is 23.2 Å². The molecule has 1 aromatic rings. The van der Waals surface area contributed by atoms with Crippen LogP contribution in [-0.4, -0.2) is 43.4 Å². The van der Waals surface area contributed by atoms with E-state index in [2.05, 4.69) is 52.0 Å². The third-order valence-electron chi connectivity index (χ3n) is 9.47. The van der Waals surface area contributed by atoms with Gasteiger partial charge in [0.05, 0.1) is 16.8 Å². The number of thiazole rings is 1. The fourth-order valence-electron chi connectivity index (χ4n) is 4.83. The maximum absolute atomic E-state index is 14.1. The van der Waals surface area contributed by atoms with E-state index in [9.17, 15) is 22.8 Å². The zero-order valence-electron chi connectivity index (χ0n) is 29.9. The monoisotopic (exact) mass is 683 g/mol. The van der Waals surface area contributed by atoms with Gasteiger partial charge in [0.15, 0.2) is 8.32 Å². The summed E-state index contributed by atoms with van der Waals surface area (Å²) in [4.78, 5) is 31.8. The number of alkyl halides is 3. The Hall–Kier alpha value is -2.30. The van der Waals surface area contributed by atoms with Crippen molar-refractivity contribution in [3.63, 3.8) is 0 Å². The average molecular weight is 684 g/mol. The summed E-state index contributed by atoms with van der Waals surface area (Å²) in [5.74, 6) is -1.58. The van der Waals surface area contributed by atoms with Crippen molar-refractivity contribution < 1.29 is 31.9 Å². The van der Waals surface area contributed by atoms with Gasteiger partial charge in [0, 0.05) is 35.1 Å². The summed E-state index contributed by atoms with van der Waals surface area (Å²) in [5, 5.41) is 2.62. The maximum Gasteiger partial charge on any atom is 0.412 e. The van der Waals surface area contributed by atoms with E-state index in [1.54, 1.807) is 13.0 Å². The molecule has 10 heteroatoms. The lowest BCUT2D eigenvalue weighted by Gasteiger charge is -2.43. The molecule has 0 N–H and O–H groups in total. The second kappa shape index (κ2) is 16.7. The standard InChI is InChI=1S/C36H56F3NO4SSi/c1-15-17-28(36(37,38)39)18-19-30(24(4)20-29-22-45-27(7)40-29)43-31(41)21-25(5)35(11,12)33(42)26(6)32(23(3)16-2)44-46(13,14)34(8,9)10/h15-16,18,20,22-23,25-26,30,32H,1-2,17,19,21H2,3-14H3/b24-20+,28-18-. The smallest absolute Gasteiger partial charge is 0.412 e. The van der Waals surface area contributed by atoms with Gasteiger partial charge in [-0.15, -0.1) is 24.5 Å². The third-order valence-corrected chi connectivity index (χ3v) is 14.7. The molecule has 46 heavy (non-hydrogen) atoms. The number of esters is 1. The third kappa shape index (κ3) is 11.7. The number of Topliss-reactive ketones (excluding diaryl/α,β-unsaturated/α-hetero) is 1. The number of rotatable bonds is 17. The zero-order chi connectivity index (χ0) is 35.8. The minimum absolute atomic E-state index is 0.0288. The van der Waals surface area contributed by atoms with Gasteiger partial charge in [0.1, 0.15) is 11.9 Å². The maximum atomic E-state index is 14.1. The molecule has 5 unspecified atom stereocenters. The molecular formula is C36H56F3NO4SSi. The molecule has 1 rings (SSSR count). The van der Waals surface area contributed by atoms with Crippen LogP contribution in [0.1, 0.15) is 92.3 Å². The number of nitrogens with zero attached hydrogens (tertiary/aromatic N) is 1. The number of ether oxygens (including phenoxy) is 1. The highest BCUT2D eigenvalue weighted by molar-refractivity contribution is 7.09. The van der Waals surface area contributed by atoms with Crippen LogP contribution in [0, 0.1) is 30.1 Å². The molecule has 0 fully saturated rings. The van der Waals surface area contributed by atoms with Crippen LogP contribution in [0.15, 0.2) is 47.9 Å². The highest BCUT2D eigenvalue weighted by Crippen LogP contribution is 2.41. The summed E-state index contributed by atoms with van der Waals surface area (Å²) in [6, 6.07) is 0. The predicted octanol–water partition coefficient (Wildman–Crippen LogP) is 10.7. The van der Waals surface area contributed by atoms with Crippen molar-refractivity contribution in [2.75, 3.05) is 0 Å². The van der Waals surface area contributed by atoms with Crippen LogP contribution in [0.4, 0.5) is 13.2 Å². The molecule has 260 valence electrons. The van der Waals surface area contributed by atoms with Crippen LogP contribution in [0.2, 0.25) is 18.1 Å². The van der Waals surface area contributed by atoms with Crippen molar-refractivity contribution in [1.29, 1.82) is 0 Å². The number of ketones is 1. The molecule has 0 spiro atoms. The molecule has 1 aromatic heterocycles. The first-order valence-corrected chi connectivity index (χ1v) is 19.7. The first-order valence-electron chi connectivity index (χ1n) is 15.9. The Morgan fingerprint density at radius 1 is 1.09 bits per heavy atom. The van der Waals surface area contributed by atoms with Crippen molar-refractivity contribution in [3.05, 3.63) is 58.6 Å². The molecule has 5 nitrogen and oxygen atoms in total. The summed E-state index contributed by atoms with van der Waals surface area (Å²) in [7, 11) is -2.22. The molecule has 0 amide bonds. The van der Waals surface area contributed by atoms with Crippen LogP contribution in [0.25, 0.3) is 6.08 Å². The van der Waals surface area contributed by atoms with E-state index in [-0.39, 0.29) is 42.1 Å². The van der Waals surface area contributed by atoms with Gasteiger partial charge in [-0.2, -0.15) is 13.2 Å². The second-order valence-electron chi connectivity index (χ2n) is 14.5. The summed E-state index contributed by atoms with van der Waals surface area (Å²) < 4.78 is 53.4. The number of aromatic nitrogens is 1. The molecule has 0 saturated carbocycles. The lowest BCUT2D eigenvalue weighted by Crippen LogP contribution is -2.50. The topological polar surface area (TPSA) is 65.5 Å². The number of carbonyl (C=O) groups is 2. The number of hydrogen-bond donors (Lipinski definition) is 0. The summed E-state index contributed by atoms with van der Waals surface area (Å²) in [6.07, 6.45) is -0.669. The van der Waals surface area contributed by atoms with Crippen molar-refractivity contribution in [3.8, 4) is 0 Å². The van der Waals surface area contributed by atoms with Gasteiger partial charge >= 0.3 is 12.1 Å². The van der Waals surface area contributed by atoms with E-state index in [0.29, 0.717) is 11.3 Å². The van der Waals surface area contributed by atoms with E-state index in [4.69, 9.17) is 9.16 Å². The van der Waals surface area contributed by atoms with E-state index < -0.39 is 49.4 Å². The summed E-state index contributed by atoms with van der Waals surface area (Å²) in [6.45, 7) is 31.1. The number of aryl methyl sites for hydroxylation is 1. The van der Waals surface area contributed by atoms with Crippen LogP contribution in [0.3, 0.4) is 0 Å². The number of carbonyl (C=O) groups excluding carboxylic acids is 2. The fourth-order valence-corrected chi connectivity index (χ4v) is 6.85.